The third-order valence-electron chi connectivity index (χ3n) is 3.90. The van der Waals surface area contributed by atoms with Crippen LogP contribution in [0.25, 0.3) is 0 Å². The van der Waals surface area contributed by atoms with Crippen LogP contribution in [-0.2, 0) is 0 Å². The van der Waals surface area contributed by atoms with Crippen molar-refractivity contribution in [3.63, 3.8) is 0 Å². The zero-order valence-electron chi connectivity index (χ0n) is 14.8. The molecule has 0 saturated heterocycles. The lowest BCUT2D eigenvalue weighted by Crippen LogP contribution is -2.04. The summed E-state index contributed by atoms with van der Waals surface area (Å²) in [5.41, 5.74) is 5.69. The van der Waals surface area contributed by atoms with Gasteiger partial charge in [0.05, 0.1) is 5.69 Å². The van der Waals surface area contributed by atoms with Crippen molar-refractivity contribution in [3.8, 4) is 0 Å². The van der Waals surface area contributed by atoms with Gasteiger partial charge in [-0.05, 0) is 51.0 Å². The van der Waals surface area contributed by atoms with Gasteiger partial charge in [0, 0.05) is 17.4 Å². The van der Waals surface area contributed by atoms with Gasteiger partial charge < -0.3 is 10.6 Å². The summed E-state index contributed by atoms with van der Waals surface area (Å²) in [6.07, 6.45) is 0. The summed E-state index contributed by atoms with van der Waals surface area (Å²) in [4.78, 5) is 8.81. The highest BCUT2D eigenvalue weighted by molar-refractivity contribution is 5.66. The summed E-state index contributed by atoms with van der Waals surface area (Å²) in [6, 6.07) is 12.6. The van der Waals surface area contributed by atoms with Gasteiger partial charge in [0.1, 0.15) is 11.6 Å². The zero-order valence-corrected chi connectivity index (χ0v) is 14.8. The zero-order chi connectivity index (χ0) is 18.0. The summed E-state index contributed by atoms with van der Waals surface area (Å²) in [6.45, 7) is 8.09. The van der Waals surface area contributed by atoms with Gasteiger partial charge in [-0.15, -0.1) is 0 Å². The van der Waals surface area contributed by atoms with Crippen molar-refractivity contribution in [1.29, 1.82) is 0 Å². The molecule has 3 rings (SSSR count). The predicted molar refractivity (Wildman–Crippen MR) is 100 cm³/mol. The van der Waals surface area contributed by atoms with Crippen molar-refractivity contribution in [2.24, 2.45) is 0 Å². The third-order valence-corrected chi connectivity index (χ3v) is 3.90. The smallest absolute Gasteiger partial charge is 0.229 e. The second kappa shape index (κ2) is 6.89. The average Bonchev–Trinajstić information content (AvgIpc) is 2.52. The fourth-order valence-electron chi connectivity index (χ4n) is 2.88. The number of hydrogen-bond donors (Lipinski definition) is 2. The van der Waals surface area contributed by atoms with Gasteiger partial charge in [0.15, 0.2) is 0 Å². The lowest BCUT2D eigenvalue weighted by Gasteiger charge is -2.15. The van der Waals surface area contributed by atoms with Crippen LogP contribution >= 0.6 is 0 Å². The van der Waals surface area contributed by atoms with E-state index in [4.69, 9.17) is 0 Å². The highest BCUT2D eigenvalue weighted by Gasteiger charge is 2.09. The van der Waals surface area contributed by atoms with Crippen molar-refractivity contribution in [3.05, 3.63) is 70.7 Å². The molecule has 0 amide bonds. The van der Waals surface area contributed by atoms with Crippen LogP contribution in [0.5, 0.6) is 0 Å². The molecule has 0 aliphatic carbocycles. The van der Waals surface area contributed by atoms with E-state index in [2.05, 4.69) is 53.5 Å². The number of aromatic nitrogens is 2. The highest BCUT2D eigenvalue weighted by atomic mass is 19.1. The maximum Gasteiger partial charge on any atom is 0.229 e. The van der Waals surface area contributed by atoms with Crippen LogP contribution < -0.4 is 10.6 Å². The molecule has 128 valence electrons. The Labute approximate surface area is 147 Å². The number of hydrogen-bond acceptors (Lipinski definition) is 4. The summed E-state index contributed by atoms with van der Waals surface area (Å²) < 4.78 is 13.8. The molecule has 0 unspecified atom stereocenters. The topological polar surface area (TPSA) is 49.8 Å². The number of halogens is 1. The van der Waals surface area contributed by atoms with Crippen molar-refractivity contribution in [2.45, 2.75) is 27.7 Å². The molecular formula is C20H21FN4. The van der Waals surface area contributed by atoms with Gasteiger partial charge in [-0.1, -0.05) is 29.8 Å². The number of anilines is 4. The van der Waals surface area contributed by atoms with Crippen LogP contribution in [0.1, 0.15) is 22.4 Å². The van der Waals surface area contributed by atoms with Crippen LogP contribution in [0.15, 0.2) is 42.5 Å². The predicted octanol–water partition coefficient (Wildman–Crippen LogP) is 5.34. The first-order valence-corrected chi connectivity index (χ1v) is 8.14. The summed E-state index contributed by atoms with van der Waals surface area (Å²) in [7, 11) is 0. The normalized spacial score (nSPS) is 10.6. The molecule has 0 aliphatic rings. The Balaban J connectivity index is 1.91. The monoisotopic (exact) mass is 336 g/mol. The Morgan fingerprint density at radius 1 is 0.840 bits per heavy atom. The number of rotatable bonds is 4. The van der Waals surface area contributed by atoms with Gasteiger partial charge in [0.25, 0.3) is 0 Å². The number of benzene rings is 2. The molecule has 0 fully saturated rings. The molecule has 0 saturated carbocycles. The maximum atomic E-state index is 13.8. The van der Waals surface area contributed by atoms with Gasteiger partial charge in [-0.2, -0.15) is 4.98 Å². The molecule has 0 atom stereocenters. The van der Waals surface area contributed by atoms with Crippen LogP contribution in [0.4, 0.5) is 27.5 Å². The van der Waals surface area contributed by atoms with E-state index in [9.17, 15) is 4.39 Å². The summed E-state index contributed by atoms with van der Waals surface area (Å²) in [5, 5.41) is 6.30. The van der Waals surface area contributed by atoms with Gasteiger partial charge in [-0.25, -0.2) is 9.37 Å². The Morgan fingerprint density at radius 2 is 1.52 bits per heavy atom. The van der Waals surface area contributed by atoms with E-state index in [0.29, 0.717) is 17.5 Å². The Kier molecular flexibility index (Phi) is 4.65. The van der Waals surface area contributed by atoms with Crippen molar-refractivity contribution >= 4 is 23.1 Å². The third kappa shape index (κ3) is 3.94. The molecule has 1 aromatic heterocycles. The standard InChI is InChI=1S/C20H21FN4/c1-12-9-13(2)19(14(3)10-12)24-18-11-15(4)22-20(25-18)23-17-8-6-5-7-16(17)21/h5-11H,1-4H3,(H2,22,23,24,25). The van der Waals surface area contributed by atoms with Crippen LogP contribution in [-0.4, -0.2) is 9.97 Å². The Bertz CT molecular complexity index is 898. The first kappa shape index (κ1) is 16.9. The number of nitrogens with one attached hydrogen (secondary N) is 2. The Hall–Kier alpha value is -2.95. The molecule has 3 aromatic rings. The van der Waals surface area contributed by atoms with E-state index in [-0.39, 0.29) is 5.82 Å². The fourth-order valence-corrected chi connectivity index (χ4v) is 2.88. The van der Waals surface area contributed by atoms with E-state index in [0.717, 1.165) is 22.5 Å². The second-order valence-corrected chi connectivity index (χ2v) is 6.22. The fraction of sp³-hybridized carbons (Fsp3) is 0.200. The summed E-state index contributed by atoms with van der Waals surface area (Å²) >= 11 is 0. The lowest BCUT2D eigenvalue weighted by atomic mass is 10.1. The molecule has 4 nitrogen and oxygen atoms in total. The number of aryl methyl sites for hydroxylation is 4. The molecule has 0 spiro atoms. The molecule has 0 radical (unpaired) electrons. The number of nitrogens with zero attached hydrogens (tertiary/aromatic N) is 2. The van der Waals surface area contributed by atoms with E-state index in [1.165, 1.54) is 11.6 Å². The molecule has 0 bridgehead atoms. The largest absolute Gasteiger partial charge is 0.340 e. The molecule has 25 heavy (non-hydrogen) atoms. The SMILES string of the molecule is Cc1cc(C)c(Nc2cc(C)nc(Nc3ccccc3F)n2)c(C)c1. The summed E-state index contributed by atoms with van der Waals surface area (Å²) in [5.74, 6) is 0.684. The molecule has 2 N–H and O–H groups in total. The molecule has 2 aromatic carbocycles. The second-order valence-electron chi connectivity index (χ2n) is 6.22. The molecule has 5 heteroatoms. The minimum absolute atomic E-state index is 0.340. The average molecular weight is 336 g/mol. The lowest BCUT2D eigenvalue weighted by molar-refractivity contribution is 0.631. The van der Waals surface area contributed by atoms with E-state index < -0.39 is 0 Å². The quantitative estimate of drug-likeness (QED) is 0.675. The van der Waals surface area contributed by atoms with Crippen LogP contribution in [0.2, 0.25) is 0 Å². The minimum atomic E-state index is -0.340. The van der Waals surface area contributed by atoms with Crippen molar-refractivity contribution < 1.29 is 4.39 Å². The van der Waals surface area contributed by atoms with E-state index in [1.807, 2.05) is 13.0 Å². The number of para-hydroxylation sites is 1. The maximum absolute atomic E-state index is 13.8. The van der Waals surface area contributed by atoms with Crippen molar-refractivity contribution in [1.82, 2.24) is 9.97 Å². The van der Waals surface area contributed by atoms with Gasteiger partial charge >= 0.3 is 0 Å². The Morgan fingerprint density at radius 3 is 2.20 bits per heavy atom. The van der Waals surface area contributed by atoms with Gasteiger partial charge in [0.2, 0.25) is 5.95 Å². The van der Waals surface area contributed by atoms with Crippen LogP contribution in [0.3, 0.4) is 0 Å². The van der Waals surface area contributed by atoms with E-state index >= 15 is 0 Å². The first-order valence-electron chi connectivity index (χ1n) is 8.14. The molecule has 1 heterocycles. The highest BCUT2D eigenvalue weighted by Crippen LogP contribution is 2.26. The van der Waals surface area contributed by atoms with Gasteiger partial charge in [-0.3, -0.25) is 0 Å². The minimum Gasteiger partial charge on any atom is -0.340 e. The van der Waals surface area contributed by atoms with E-state index in [1.54, 1.807) is 18.2 Å². The first-order chi connectivity index (χ1) is 11.9. The molecular weight excluding hydrogens is 315 g/mol. The molecule has 0 aliphatic heterocycles. The van der Waals surface area contributed by atoms with Crippen LogP contribution in [0, 0.1) is 33.5 Å². The van der Waals surface area contributed by atoms with Crippen molar-refractivity contribution in [2.75, 3.05) is 10.6 Å².